The second kappa shape index (κ2) is 9.03. The van der Waals surface area contributed by atoms with Gasteiger partial charge in [0.15, 0.2) is 11.9 Å². The molecule has 232 valence electrons. The fourth-order valence-corrected chi connectivity index (χ4v) is 10.1. The molecule has 11 heteroatoms. The largest absolute Gasteiger partial charge is 0.472 e. The first-order valence-corrected chi connectivity index (χ1v) is 14.6. The van der Waals surface area contributed by atoms with Gasteiger partial charge in [0.2, 0.25) is 0 Å². The minimum Gasteiger partial charge on any atom is -0.472 e. The zero-order valence-electron chi connectivity index (χ0n) is 25.6. The molecule has 3 aliphatic carbocycles. The highest BCUT2D eigenvalue weighted by molar-refractivity contribution is 5.96. The fourth-order valence-electron chi connectivity index (χ4n) is 10.1. The first-order chi connectivity index (χ1) is 20.0. The van der Waals surface area contributed by atoms with Crippen molar-refractivity contribution >= 4 is 29.7 Å². The molecule has 2 saturated heterocycles. The summed E-state index contributed by atoms with van der Waals surface area (Å²) < 4.78 is 36.3. The van der Waals surface area contributed by atoms with Gasteiger partial charge in [-0.15, -0.1) is 0 Å². The van der Waals surface area contributed by atoms with Gasteiger partial charge >= 0.3 is 23.9 Å². The predicted molar refractivity (Wildman–Crippen MR) is 146 cm³/mol. The lowest BCUT2D eigenvalue weighted by Gasteiger charge is -2.70. The molecule has 1 spiro atoms. The monoisotopic (exact) mass is 598 g/mol. The van der Waals surface area contributed by atoms with Gasteiger partial charge in [0, 0.05) is 59.8 Å². The summed E-state index contributed by atoms with van der Waals surface area (Å²) in [6.45, 7) is 13.1. The molecule has 2 saturated carbocycles. The molecular formula is C32H38O11. The molecule has 3 heterocycles. The number of cyclic esters (lactones) is 1. The van der Waals surface area contributed by atoms with Crippen LogP contribution in [0.1, 0.15) is 73.5 Å². The van der Waals surface area contributed by atoms with Gasteiger partial charge in [0.25, 0.3) is 0 Å². The van der Waals surface area contributed by atoms with Crippen molar-refractivity contribution in [3.8, 4) is 0 Å². The summed E-state index contributed by atoms with van der Waals surface area (Å²) in [4.78, 5) is 65.4. The van der Waals surface area contributed by atoms with Crippen LogP contribution in [0.4, 0.5) is 0 Å². The Balaban J connectivity index is 1.68. The average Bonchev–Trinajstić information content (AvgIpc) is 3.46. The SMILES string of the molecule is CC(=O)OC1CC2(C)C(c3ccoc3)OC(=O)C3OC32C2(C)C(OC(C)=O)C(OC(C)=O)C3C(C)(C)C(=O)C=CC3(C)C12. The third kappa shape index (κ3) is 3.60. The lowest BCUT2D eigenvalue weighted by atomic mass is 9.34. The second-order valence-electron chi connectivity index (χ2n) is 14.0. The van der Waals surface area contributed by atoms with E-state index >= 15 is 0 Å². The van der Waals surface area contributed by atoms with Crippen molar-refractivity contribution < 1.29 is 52.1 Å². The molecule has 43 heavy (non-hydrogen) atoms. The Hall–Kier alpha value is -3.47. The second-order valence-corrected chi connectivity index (χ2v) is 14.0. The number of epoxide rings is 1. The number of ether oxygens (including phenoxy) is 5. The maximum atomic E-state index is 13.6. The molecule has 2 aliphatic heterocycles. The molecule has 0 amide bonds. The number of esters is 4. The van der Waals surface area contributed by atoms with Crippen LogP contribution in [0, 0.1) is 33.5 Å². The molecule has 0 N–H and O–H groups in total. The number of allylic oxidation sites excluding steroid dienone is 2. The first-order valence-electron chi connectivity index (χ1n) is 14.6. The lowest BCUT2D eigenvalue weighted by Crippen LogP contribution is -2.79. The lowest BCUT2D eigenvalue weighted by molar-refractivity contribution is -0.306. The molecule has 5 aliphatic rings. The maximum absolute atomic E-state index is 13.6. The topological polar surface area (TPSA) is 148 Å². The fraction of sp³-hybridized carbons (Fsp3) is 0.656. The van der Waals surface area contributed by atoms with E-state index in [0.29, 0.717) is 5.56 Å². The van der Waals surface area contributed by atoms with Gasteiger partial charge < -0.3 is 28.1 Å². The Bertz CT molecular complexity index is 1440. The summed E-state index contributed by atoms with van der Waals surface area (Å²) in [5, 5.41) is 0. The van der Waals surface area contributed by atoms with Gasteiger partial charge in [-0.05, 0) is 18.6 Å². The number of carbonyl (C=O) groups is 5. The number of hydrogen-bond donors (Lipinski definition) is 0. The maximum Gasteiger partial charge on any atom is 0.339 e. The van der Waals surface area contributed by atoms with Crippen molar-refractivity contribution in [2.24, 2.45) is 33.5 Å². The zero-order valence-corrected chi connectivity index (χ0v) is 25.6. The minimum atomic E-state index is -1.30. The zero-order chi connectivity index (χ0) is 31.5. The van der Waals surface area contributed by atoms with Gasteiger partial charge in [0.1, 0.15) is 30.0 Å². The van der Waals surface area contributed by atoms with Gasteiger partial charge in [-0.3, -0.25) is 19.2 Å². The summed E-state index contributed by atoms with van der Waals surface area (Å²) in [5.74, 6) is -3.89. The molecular weight excluding hydrogens is 560 g/mol. The van der Waals surface area contributed by atoms with E-state index in [2.05, 4.69) is 0 Å². The molecule has 6 rings (SSSR count). The van der Waals surface area contributed by atoms with E-state index in [9.17, 15) is 24.0 Å². The quantitative estimate of drug-likeness (QED) is 0.284. The number of furan rings is 1. The van der Waals surface area contributed by atoms with Crippen molar-refractivity contribution in [1.29, 1.82) is 0 Å². The molecule has 1 aromatic rings. The summed E-state index contributed by atoms with van der Waals surface area (Å²) in [6, 6.07) is 1.70. The van der Waals surface area contributed by atoms with Crippen LogP contribution < -0.4 is 0 Å². The van der Waals surface area contributed by atoms with Gasteiger partial charge in [0.05, 0.1) is 12.5 Å². The third-order valence-electron chi connectivity index (χ3n) is 11.3. The number of rotatable bonds is 4. The van der Waals surface area contributed by atoms with Crippen LogP contribution in [0.15, 0.2) is 35.2 Å². The number of fused-ring (bicyclic) bond motifs is 3. The normalized spacial score (nSPS) is 45.3. The van der Waals surface area contributed by atoms with Crippen molar-refractivity contribution in [3.05, 3.63) is 36.3 Å². The third-order valence-corrected chi connectivity index (χ3v) is 11.3. The molecule has 11 atom stereocenters. The van der Waals surface area contributed by atoms with E-state index in [-0.39, 0.29) is 12.2 Å². The Morgan fingerprint density at radius 3 is 2.12 bits per heavy atom. The Labute approximate surface area is 249 Å². The van der Waals surface area contributed by atoms with Crippen LogP contribution in [0.3, 0.4) is 0 Å². The van der Waals surface area contributed by atoms with E-state index in [1.165, 1.54) is 39.4 Å². The molecule has 11 nitrogen and oxygen atoms in total. The minimum absolute atomic E-state index is 0.179. The van der Waals surface area contributed by atoms with E-state index in [0.717, 1.165) is 0 Å². The molecule has 0 aromatic carbocycles. The van der Waals surface area contributed by atoms with Crippen molar-refractivity contribution in [3.63, 3.8) is 0 Å². The highest BCUT2D eigenvalue weighted by Gasteiger charge is 2.91. The first kappa shape index (κ1) is 29.6. The van der Waals surface area contributed by atoms with Crippen molar-refractivity contribution in [2.45, 2.75) is 97.9 Å². The summed E-state index contributed by atoms with van der Waals surface area (Å²) in [5.41, 5.74) is -5.06. The summed E-state index contributed by atoms with van der Waals surface area (Å²) in [7, 11) is 0. The highest BCUT2D eigenvalue weighted by Crippen LogP contribution is 2.80. The Morgan fingerprint density at radius 2 is 1.53 bits per heavy atom. The van der Waals surface area contributed by atoms with Crippen LogP contribution in [0.25, 0.3) is 0 Å². The van der Waals surface area contributed by atoms with Crippen LogP contribution >= 0.6 is 0 Å². The smallest absolute Gasteiger partial charge is 0.339 e. The van der Waals surface area contributed by atoms with Crippen LogP contribution in [-0.4, -0.2) is 59.7 Å². The van der Waals surface area contributed by atoms with E-state index in [1.807, 2.05) is 20.8 Å². The molecule has 1 aromatic heterocycles. The number of ketones is 1. The standard InChI is InChI=1S/C32H38O11/c1-15(33)39-19-13-30(7)24(18-10-12-38-14-18)42-27(37)26-32(30,43-26)31(8)22(19)29(6)11-9-20(36)28(4,5)23(29)21(40-16(2)34)25(31)41-17(3)35/h9-12,14,19,21-26H,13H2,1-8H3. The van der Waals surface area contributed by atoms with E-state index in [1.54, 1.807) is 26.0 Å². The van der Waals surface area contributed by atoms with Crippen molar-refractivity contribution in [2.75, 3.05) is 0 Å². The molecule has 0 radical (unpaired) electrons. The molecule has 0 bridgehead atoms. The average molecular weight is 599 g/mol. The molecule has 4 fully saturated rings. The van der Waals surface area contributed by atoms with Crippen LogP contribution in [0.2, 0.25) is 0 Å². The predicted octanol–water partition coefficient (Wildman–Crippen LogP) is 3.64. The summed E-state index contributed by atoms with van der Waals surface area (Å²) in [6.07, 6.45) is 1.55. The van der Waals surface area contributed by atoms with Crippen LogP contribution in [-0.2, 0) is 47.7 Å². The Kier molecular flexibility index (Phi) is 6.21. The Morgan fingerprint density at radius 1 is 0.884 bits per heavy atom. The molecule has 11 unspecified atom stereocenters. The van der Waals surface area contributed by atoms with Gasteiger partial charge in [-0.1, -0.05) is 40.7 Å². The number of carbonyl (C=O) groups excluding carboxylic acids is 5. The highest BCUT2D eigenvalue weighted by atomic mass is 16.7. The van der Waals surface area contributed by atoms with E-state index in [4.69, 9.17) is 28.1 Å². The van der Waals surface area contributed by atoms with Crippen LogP contribution in [0.5, 0.6) is 0 Å². The van der Waals surface area contributed by atoms with Gasteiger partial charge in [-0.25, -0.2) is 4.79 Å². The van der Waals surface area contributed by atoms with Crippen molar-refractivity contribution in [1.82, 2.24) is 0 Å². The number of hydrogen-bond acceptors (Lipinski definition) is 11. The van der Waals surface area contributed by atoms with E-state index < -0.39 is 93.5 Å². The summed E-state index contributed by atoms with van der Waals surface area (Å²) >= 11 is 0. The van der Waals surface area contributed by atoms with Gasteiger partial charge in [-0.2, -0.15) is 0 Å².